The predicted molar refractivity (Wildman–Crippen MR) is 71.0 cm³/mol. The van der Waals surface area contributed by atoms with Gasteiger partial charge in [-0.25, -0.2) is 0 Å². The standard InChI is InChI=1S/C13H22N2O3/c1-15-11(6-7-14)13(16)10-8-9(17-2)4-5-12(10)18-3/h4-5,8,11,13,15-16H,6-7,14H2,1-3H3. The molecule has 0 fully saturated rings. The molecule has 0 aliphatic heterocycles. The van der Waals surface area contributed by atoms with Gasteiger partial charge in [0, 0.05) is 11.6 Å². The monoisotopic (exact) mass is 254 g/mol. The summed E-state index contributed by atoms with van der Waals surface area (Å²) in [6.45, 7) is 0.509. The summed E-state index contributed by atoms with van der Waals surface area (Å²) in [4.78, 5) is 0. The number of aliphatic hydroxyl groups excluding tert-OH is 1. The number of nitrogens with one attached hydrogen (secondary N) is 1. The first kappa shape index (κ1) is 14.8. The molecule has 0 saturated carbocycles. The summed E-state index contributed by atoms with van der Waals surface area (Å²) in [5, 5.41) is 13.5. The zero-order valence-corrected chi connectivity index (χ0v) is 11.1. The van der Waals surface area contributed by atoms with E-state index in [1.807, 2.05) is 0 Å². The fourth-order valence-electron chi connectivity index (χ4n) is 1.93. The Kier molecular flexibility index (Phi) is 5.91. The Bertz CT molecular complexity index is 371. The van der Waals surface area contributed by atoms with Gasteiger partial charge in [0.05, 0.1) is 20.3 Å². The smallest absolute Gasteiger partial charge is 0.124 e. The van der Waals surface area contributed by atoms with E-state index in [2.05, 4.69) is 5.32 Å². The second-order valence-electron chi connectivity index (χ2n) is 4.03. The maximum absolute atomic E-state index is 10.4. The summed E-state index contributed by atoms with van der Waals surface area (Å²) in [7, 11) is 4.97. The van der Waals surface area contributed by atoms with E-state index in [-0.39, 0.29) is 6.04 Å². The quantitative estimate of drug-likeness (QED) is 0.667. The highest BCUT2D eigenvalue weighted by molar-refractivity contribution is 5.42. The second-order valence-corrected chi connectivity index (χ2v) is 4.03. The zero-order valence-electron chi connectivity index (χ0n) is 11.1. The molecule has 0 spiro atoms. The van der Waals surface area contributed by atoms with Crippen LogP contribution >= 0.6 is 0 Å². The summed E-state index contributed by atoms with van der Waals surface area (Å²) in [5.41, 5.74) is 6.24. The van der Waals surface area contributed by atoms with Crippen molar-refractivity contribution in [2.75, 3.05) is 27.8 Å². The van der Waals surface area contributed by atoms with Crippen LogP contribution in [0.15, 0.2) is 18.2 Å². The normalized spacial score (nSPS) is 14.1. The Morgan fingerprint density at radius 2 is 2.06 bits per heavy atom. The molecule has 2 atom stereocenters. The van der Waals surface area contributed by atoms with E-state index in [4.69, 9.17) is 15.2 Å². The fraction of sp³-hybridized carbons (Fsp3) is 0.538. The molecule has 4 N–H and O–H groups in total. The molecule has 0 radical (unpaired) electrons. The largest absolute Gasteiger partial charge is 0.497 e. The number of ether oxygens (including phenoxy) is 2. The molecule has 0 aromatic heterocycles. The van der Waals surface area contributed by atoms with Crippen molar-refractivity contribution in [2.24, 2.45) is 5.73 Å². The number of methoxy groups -OCH3 is 2. The summed E-state index contributed by atoms with van der Waals surface area (Å²) < 4.78 is 10.4. The Labute approximate surface area is 108 Å². The molecule has 5 heteroatoms. The molecule has 0 heterocycles. The van der Waals surface area contributed by atoms with Crippen LogP contribution < -0.4 is 20.5 Å². The van der Waals surface area contributed by atoms with Crippen LogP contribution in [-0.4, -0.2) is 39.0 Å². The minimum atomic E-state index is -0.691. The van der Waals surface area contributed by atoms with Gasteiger partial charge in [-0.2, -0.15) is 0 Å². The first-order valence-corrected chi connectivity index (χ1v) is 5.95. The molecule has 0 aliphatic rings. The SMILES string of the molecule is CNC(CCN)C(O)c1cc(OC)ccc1OC. The van der Waals surface area contributed by atoms with Gasteiger partial charge in [0.25, 0.3) is 0 Å². The highest BCUT2D eigenvalue weighted by Crippen LogP contribution is 2.31. The fourth-order valence-corrected chi connectivity index (χ4v) is 1.93. The van der Waals surface area contributed by atoms with Crippen LogP contribution in [0.1, 0.15) is 18.1 Å². The third-order valence-electron chi connectivity index (χ3n) is 2.99. The summed E-state index contributed by atoms with van der Waals surface area (Å²) in [6, 6.07) is 5.25. The molecule has 1 aromatic rings. The van der Waals surface area contributed by atoms with Crippen molar-refractivity contribution < 1.29 is 14.6 Å². The number of hydrogen-bond donors (Lipinski definition) is 3. The molecular formula is C13H22N2O3. The number of aliphatic hydroxyl groups is 1. The highest BCUT2D eigenvalue weighted by Gasteiger charge is 2.22. The van der Waals surface area contributed by atoms with Crippen molar-refractivity contribution in [2.45, 2.75) is 18.6 Å². The van der Waals surface area contributed by atoms with E-state index < -0.39 is 6.10 Å². The van der Waals surface area contributed by atoms with Crippen LogP contribution in [0.2, 0.25) is 0 Å². The van der Waals surface area contributed by atoms with Crippen molar-refractivity contribution >= 4 is 0 Å². The first-order chi connectivity index (χ1) is 8.67. The Morgan fingerprint density at radius 3 is 2.56 bits per heavy atom. The minimum Gasteiger partial charge on any atom is -0.497 e. The van der Waals surface area contributed by atoms with Gasteiger partial charge in [0.1, 0.15) is 11.5 Å². The van der Waals surface area contributed by atoms with Gasteiger partial charge in [0.15, 0.2) is 0 Å². The lowest BCUT2D eigenvalue weighted by Gasteiger charge is -2.24. The van der Waals surface area contributed by atoms with Crippen LogP contribution in [0.25, 0.3) is 0 Å². The molecule has 1 rings (SSSR count). The molecular weight excluding hydrogens is 232 g/mol. The summed E-state index contributed by atoms with van der Waals surface area (Å²) >= 11 is 0. The van der Waals surface area contributed by atoms with Gasteiger partial charge in [-0.05, 0) is 38.2 Å². The molecule has 1 aromatic carbocycles. The highest BCUT2D eigenvalue weighted by atomic mass is 16.5. The molecule has 0 saturated heterocycles. The van der Waals surface area contributed by atoms with Gasteiger partial charge in [-0.1, -0.05) is 0 Å². The van der Waals surface area contributed by atoms with Crippen molar-refractivity contribution in [3.63, 3.8) is 0 Å². The predicted octanol–water partition coefficient (Wildman–Crippen LogP) is 0.674. The van der Waals surface area contributed by atoms with Gasteiger partial charge in [-0.15, -0.1) is 0 Å². The average Bonchev–Trinajstić information content (AvgIpc) is 2.43. The van der Waals surface area contributed by atoms with E-state index in [0.29, 0.717) is 30.0 Å². The molecule has 0 bridgehead atoms. The van der Waals surface area contributed by atoms with Crippen LogP contribution in [0.3, 0.4) is 0 Å². The van der Waals surface area contributed by atoms with Crippen LogP contribution in [0.4, 0.5) is 0 Å². The number of nitrogens with two attached hydrogens (primary N) is 1. The lowest BCUT2D eigenvalue weighted by atomic mass is 9.98. The molecule has 0 amide bonds. The van der Waals surface area contributed by atoms with E-state index in [1.54, 1.807) is 39.5 Å². The third-order valence-corrected chi connectivity index (χ3v) is 2.99. The van der Waals surface area contributed by atoms with Crippen LogP contribution in [0.5, 0.6) is 11.5 Å². The maximum atomic E-state index is 10.4. The van der Waals surface area contributed by atoms with Gasteiger partial charge < -0.3 is 25.6 Å². The lowest BCUT2D eigenvalue weighted by molar-refractivity contribution is 0.125. The number of likely N-dealkylation sites (N-methyl/N-ethyl adjacent to an activating group) is 1. The van der Waals surface area contributed by atoms with Crippen molar-refractivity contribution in [1.29, 1.82) is 0 Å². The molecule has 5 nitrogen and oxygen atoms in total. The minimum absolute atomic E-state index is 0.115. The zero-order chi connectivity index (χ0) is 13.5. The lowest BCUT2D eigenvalue weighted by Crippen LogP contribution is -2.34. The topological polar surface area (TPSA) is 76.7 Å². The van der Waals surface area contributed by atoms with Gasteiger partial charge >= 0.3 is 0 Å². The summed E-state index contributed by atoms with van der Waals surface area (Å²) in [6.07, 6.45) is -0.0125. The summed E-state index contributed by atoms with van der Waals surface area (Å²) in [5.74, 6) is 1.33. The molecule has 2 unspecified atom stereocenters. The second kappa shape index (κ2) is 7.20. The maximum Gasteiger partial charge on any atom is 0.124 e. The van der Waals surface area contributed by atoms with Crippen LogP contribution in [0, 0.1) is 0 Å². The number of benzene rings is 1. The Balaban J connectivity index is 3.04. The van der Waals surface area contributed by atoms with E-state index >= 15 is 0 Å². The van der Waals surface area contributed by atoms with Crippen molar-refractivity contribution in [3.8, 4) is 11.5 Å². The molecule has 0 aliphatic carbocycles. The van der Waals surface area contributed by atoms with Gasteiger partial charge in [-0.3, -0.25) is 0 Å². The van der Waals surface area contributed by atoms with Crippen LogP contribution in [-0.2, 0) is 0 Å². The van der Waals surface area contributed by atoms with Crippen molar-refractivity contribution in [3.05, 3.63) is 23.8 Å². The first-order valence-electron chi connectivity index (χ1n) is 5.95. The van der Waals surface area contributed by atoms with Crippen molar-refractivity contribution in [1.82, 2.24) is 5.32 Å². The Hall–Kier alpha value is -1.30. The van der Waals surface area contributed by atoms with Gasteiger partial charge in [0.2, 0.25) is 0 Å². The average molecular weight is 254 g/mol. The third kappa shape index (κ3) is 3.35. The van der Waals surface area contributed by atoms with E-state index in [0.717, 1.165) is 0 Å². The number of hydrogen-bond acceptors (Lipinski definition) is 5. The molecule has 18 heavy (non-hydrogen) atoms. The van der Waals surface area contributed by atoms with E-state index in [1.165, 1.54) is 0 Å². The molecule has 102 valence electrons. The number of rotatable bonds is 7. The Morgan fingerprint density at radius 1 is 1.33 bits per heavy atom. The van der Waals surface area contributed by atoms with E-state index in [9.17, 15) is 5.11 Å².